The standard InChI is InChI=1S/C29H40N2O9/c1-15-11-19-25(34)20(14-21(32)27(19)39-7)31-28(35)16(2)9-8-10-22(37-5)26(40-29(30)36)18(4)13-17(3)24(33)23(12-15)38-6/h8-10,13-15,17,22-24,26,33H,11-12H2,1-7H3,(H2,30,36)(H,31,35)/b10-8-,16-9+,18-13+/t15-,17?,22+,23+,24?,26+/m1/s1. The number of Topliss-reactive ketones (excluding diaryl/α,β-unsaturated/α-hetero) is 1. The van der Waals surface area contributed by atoms with Crippen molar-refractivity contribution in [3.05, 3.63) is 58.6 Å². The molecule has 0 fully saturated rings. The van der Waals surface area contributed by atoms with Crippen LogP contribution in [0.25, 0.3) is 0 Å². The van der Waals surface area contributed by atoms with Gasteiger partial charge in [-0.3, -0.25) is 14.4 Å². The highest BCUT2D eigenvalue weighted by Gasteiger charge is 2.34. The molecule has 0 aromatic rings. The molecule has 11 nitrogen and oxygen atoms in total. The van der Waals surface area contributed by atoms with Crippen LogP contribution in [-0.2, 0) is 33.3 Å². The average molecular weight is 561 g/mol. The van der Waals surface area contributed by atoms with Crippen LogP contribution >= 0.6 is 0 Å². The summed E-state index contributed by atoms with van der Waals surface area (Å²) in [6, 6.07) is 0. The molecule has 2 rings (SSSR count). The first-order valence-corrected chi connectivity index (χ1v) is 13.0. The van der Waals surface area contributed by atoms with Crippen LogP contribution in [0.4, 0.5) is 4.79 Å². The van der Waals surface area contributed by atoms with E-state index in [2.05, 4.69) is 5.32 Å². The van der Waals surface area contributed by atoms with E-state index in [4.69, 9.17) is 24.7 Å². The number of hydrogen-bond donors (Lipinski definition) is 3. The summed E-state index contributed by atoms with van der Waals surface area (Å²) in [5.41, 5.74) is 6.12. The van der Waals surface area contributed by atoms with Gasteiger partial charge in [-0.05, 0) is 38.2 Å². The Labute approximate surface area is 234 Å². The van der Waals surface area contributed by atoms with Crippen molar-refractivity contribution >= 4 is 23.6 Å². The van der Waals surface area contributed by atoms with E-state index in [1.807, 2.05) is 6.92 Å². The number of rotatable bonds is 4. The molecular weight excluding hydrogens is 520 g/mol. The van der Waals surface area contributed by atoms with Crippen molar-refractivity contribution in [2.24, 2.45) is 17.6 Å². The molecule has 2 amide bonds. The number of allylic oxidation sites excluding steroid dienone is 4. The third-order valence-corrected chi connectivity index (χ3v) is 6.95. The Hall–Kier alpha value is -3.54. The Morgan fingerprint density at radius 3 is 2.35 bits per heavy atom. The van der Waals surface area contributed by atoms with E-state index in [1.54, 1.807) is 32.1 Å². The Kier molecular flexibility index (Phi) is 12.0. The van der Waals surface area contributed by atoms with Gasteiger partial charge in [-0.2, -0.15) is 0 Å². The van der Waals surface area contributed by atoms with E-state index in [-0.39, 0.29) is 34.9 Å². The normalized spacial score (nSPS) is 32.7. The molecule has 0 spiro atoms. The van der Waals surface area contributed by atoms with Crippen LogP contribution in [0.3, 0.4) is 0 Å². The highest BCUT2D eigenvalue weighted by molar-refractivity contribution is 6.23. The Balaban J connectivity index is 2.60. The van der Waals surface area contributed by atoms with Gasteiger partial charge in [0.1, 0.15) is 6.10 Å². The van der Waals surface area contributed by atoms with Crippen molar-refractivity contribution in [2.45, 2.75) is 65.0 Å². The van der Waals surface area contributed by atoms with E-state index < -0.39 is 53.9 Å². The molecular formula is C29H40N2O9. The number of aliphatic hydroxyl groups excluding tert-OH is 1. The van der Waals surface area contributed by atoms with Gasteiger partial charge in [0.25, 0.3) is 5.91 Å². The van der Waals surface area contributed by atoms with Crippen LogP contribution in [0.15, 0.2) is 58.6 Å². The second-order valence-corrected chi connectivity index (χ2v) is 10.1. The SMILES string of the molecule is COC1=C2C[C@@H](C)C[C@H](OC)C(O)C(C)/C=C(\C)[C@H](OC(N)=O)[C@@H](OC)/C=C\C=C(/C)C(=O)NC(=CC1=O)C2=O. The van der Waals surface area contributed by atoms with Crippen LogP contribution in [-0.4, -0.2) is 74.4 Å². The zero-order valence-electron chi connectivity index (χ0n) is 24.1. The second kappa shape index (κ2) is 14.7. The van der Waals surface area contributed by atoms with Crippen LogP contribution in [0.2, 0.25) is 0 Å². The molecule has 1 aliphatic heterocycles. The highest BCUT2D eigenvalue weighted by Crippen LogP contribution is 2.29. The van der Waals surface area contributed by atoms with E-state index in [1.165, 1.54) is 34.3 Å². The highest BCUT2D eigenvalue weighted by atomic mass is 16.6. The third kappa shape index (κ3) is 8.23. The van der Waals surface area contributed by atoms with Crippen LogP contribution in [0, 0.1) is 11.8 Å². The molecule has 6 atom stereocenters. The Morgan fingerprint density at radius 1 is 1.10 bits per heavy atom. The molecule has 1 aliphatic carbocycles. The summed E-state index contributed by atoms with van der Waals surface area (Å²) >= 11 is 0. The molecule has 2 aliphatic rings. The number of methoxy groups -OCH3 is 3. The fourth-order valence-corrected chi connectivity index (χ4v) is 4.78. The molecule has 0 radical (unpaired) electrons. The smallest absolute Gasteiger partial charge is 0.405 e. The number of nitrogens with two attached hydrogens (primary N) is 1. The number of amides is 2. The Bertz CT molecular complexity index is 1150. The predicted octanol–water partition coefficient (Wildman–Crippen LogP) is 2.41. The molecule has 0 aromatic carbocycles. The van der Waals surface area contributed by atoms with Gasteiger partial charge < -0.3 is 35.1 Å². The number of fused-ring (bicyclic) bond motifs is 2. The van der Waals surface area contributed by atoms with Gasteiger partial charge in [-0.25, -0.2) is 4.79 Å². The van der Waals surface area contributed by atoms with Gasteiger partial charge in [-0.15, -0.1) is 0 Å². The van der Waals surface area contributed by atoms with Gasteiger partial charge in [0, 0.05) is 37.4 Å². The molecule has 11 heteroatoms. The molecule has 1 heterocycles. The Morgan fingerprint density at radius 2 is 1.77 bits per heavy atom. The van der Waals surface area contributed by atoms with Crippen LogP contribution in [0.5, 0.6) is 0 Å². The molecule has 40 heavy (non-hydrogen) atoms. The average Bonchev–Trinajstić information content (AvgIpc) is 2.90. The summed E-state index contributed by atoms with van der Waals surface area (Å²) in [5.74, 6) is -2.39. The number of primary amides is 1. The predicted molar refractivity (Wildman–Crippen MR) is 147 cm³/mol. The lowest BCUT2D eigenvalue weighted by atomic mass is 9.85. The van der Waals surface area contributed by atoms with Gasteiger partial charge in [0.05, 0.1) is 25.0 Å². The van der Waals surface area contributed by atoms with Crippen molar-refractivity contribution in [3.63, 3.8) is 0 Å². The summed E-state index contributed by atoms with van der Waals surface area (Å²) in [6.07, 6.45) is 3.61. The number of ketones is 2. The second-order valence-electron chi connectivity index (χ2n) is 10.1. The van der Waals surface area contributed by atoms with Crippen molar-refractivity contribution in [3.8, 4) is 0 Å². The molecule has 0 saturated carbocycles. The number of ether oxygens (including phenoxy) is 4. The summed E-state index contributed by atoms with van der Waals surface area (Å²) in [5, 5.41) is 13.7. The van der Waals surface area contributed by atoms with Gasteiger partial charge in [0.15, 0.2) is 11.9 Å². The molecule has 2 bridgehead atoms. The maximum atomic E-state index is 13.3. The minimum absolute atomic E-state index is 0.0801. The van der Waals surface area contributed by atoms with E-state index in [9.17, 15) is 24.3 Å². The van der Waals surface area contributed by atoms with Crippen molar-refractivity contribution in [1.29, 1.82) is 0 Å². The van der Waals surface area contributed by atoms with Gasteiger partial charge in [0.2, 0.25) is 11.6 Å². The molecule has 0 aromatic heterocycles. The number of carbonyl (C=O) groups excluding carboxylic acids is 4. The maximum Gasteiger partial charge on any atom is 0.405 e. The fourth-order valence-electron chi connectivity index (χ4n) is 4.78. The first-order valence-electron chi connectivity index (χ1n) is 13.0. The largest absolute Gasteiger partial charge is 0.492 e. The minimum Gasteiger partial charge on any atom is -0.492 e. The lowest BCUT2D eigenvalue weighted by Gasteiger charge is -2.29. The van der Waals surface area contributed by atoms with E-state index in [0.717, 1.165) is 6.08 Å². The summed E-state index contributed by atoms with van der Waals surface area (Å²) in [6.45, 7) is 6.92. The van der Waals surface area contributed by atoms with Gasteiger partial charge >= 0.3 is 6.09 Å². The number of nitrogens with one attached hydrogen (secondary N) is 1. The summed E-state index contributed by atoms with van der Waals surface area (Å²) in [7, 11) is 4.21. The van der Waals surface area contributed by atoms with E-state index >= 15 is 0 Å². The van der Waals surface area contributed by atoms with Gasteiger partial charge in [-0.1, -0.05) is 38.2 Å². The van der Waals surface area contributed by atoms with Crippen LogP contribution in [0.1, 0.15) is 40.5 Å². The molecule has 220 valence electrons. The van der Waals surface area contributed by atoms with Crippen molar-refractivity contribution in [2.75, 3.05) is 21.3 Å². The summed E-state index contributed by atoms with van der Waals surface area (Å²) < 4.78 is 21.7. The molecule has 0 saturated heterocycles. The molecule has 4 N–H and O–H groups in total. The lowest BCUT2D eigenvalue weighted by Crippen LogP contribution is -2.37. The first-order chi connectivity index (χ1) is 18.8. The monoisotopic (exact) mass is 560 g/mol. The fraction of sp³-hybridized carbons (Fsp3) is 0.517. The van der Waals surface area contributed by atoms with Crippen LogP contribution < -0.4 is 11.1 Å². The van der Waals surface area contributed by atoms with Crippen molar-refractivity contribution < 1.29 is 43.2 Å². The maximum absolute atomic E-state index is 13.3. The topological polar surface area (TPSA) is 163 Å². The minimum atomic E-state index is -1.00. The third-order valence-electron chi connectivity index (χ3n) is 6.95. The molecule has 2 unspecified atom stereocenters. The quantitative estimate of drug-likeness (QED) is 0.346. The zero-order valence-corrected chi connectivity index (χ0v) is 24.1. The van der Waals surface area contributed by atoms with E-state index in [0.29, 0.717) is 12.0 Å². The first kappa shape index (κ1) is 32.7. The van der Waals surface area contributed by atoms with Crippen molar-refractivity contribution in [1.82, 2.24) is 5.32 Å². The zero-order chi connectivity index (χ0) is 30.1. The summed E-state index contributed by atoms with van der Waals surface area (Å²) in [4.78, 5) is 50.6. The lowest BCUT2D eigenvalue weighted by molar-refractivity contribution is -0.120. The number of aliphatic hydroxyl groups is 1. The number of hydrogen-bond acceptors (Lipinski definition) is 9. The number of carbonyl (C=O) groups is 4.